The van der Waals surface area contributed by atoms with Gasteiger partial charge in [0, 0.05) is 27.1 Å². The third-order valence-corrected chi connectivity index (χ3v) is 2.51. The summed E-state index contributed by atoms with van der Waals surface area (Å²) >= 11 is 0. The summed E-state index contributed by atoms with van der Waals surface area (Å²) in [6.45, 7) is 3.66. The molecule has 0 radical (unpaired) electrons. The van der Waals surface area contributed by atoms with E-state index >= 15 is 0 Å². The molecule has 18 heavy (non-hydrogen) atoms. The van der Waals surface area contributed by atoms with E-state index in [-0.39, 0.29) is 24.8 Å². The average Bonchev–Trinajstić information content (AvgIpc) is 2.30. The van der Waals surface area contributed by atoms with Crippen LogP contribution in [0, 0.1) is 5.92 Å². The molecule has 7 nitrogen and oxygen atoms in total. The number of carbonyl (C=O) groups excluding carboxylic acids is 2. The minimum atomic E-state index is -1.07. The molecule has 0 aliphatic heterocycles. The smallest absolute Gasteiger partial charge is 0.326 e. The van der Waals surface area contributed by atoms with Gasteiger partial charge in [-0.15, -0.1) is 0 Å². The Morgan fingerprint density at radius 1 is 1.28 bits per heavy atom. The molecule has 0 aliphatic rings. The van der Waals surface area contributed by atoms with Crippen LogP contribution >= 0.6 is 0 Å². The molecule has 3 N–H and O–H groups in total. The van der Waals surface area contributed by atoms with Crippen molar-refractivity contribution < 1.29 is 19.5 Å². The van der Waals surface area contributed by atoms with E-state index in [2.05, 4.69) is 10.6 Å². The highest BCUT2D eigenvalue weighted by Gasteiger charge is 2.24. The van der Waals surface area contributed by atoms with Gasteiger partial charge < -0.3 is 20.6 Å². The first-order chi connectivity index (χ1) is 8.29. The highest BCUT2D eigenvalue weighted by molar-refractivity contribution is 5.83. The second kappa shape index (κ2) is 7.52. The Labute approximate surface area is 107 Å². The largest absolute Gasteiger partial charge is 0.480 e. The molecule has 0 saturated carbocycles. The Balaban J connectivity index is 4.29. The number of nitrogens with one attached hydrogen (secondary N) is 2. The highest BCUT2D eigenvalue weighted by atomic mass is 16.4. The van der Waals surface area contributed by atoms with Gasteiger partial charge in [0.25, 0.3) is 0 Å². The van der Waals surface area contributed by atoms with Crippen molar-refractivity contribution in [3.8, 4) is 0 Å². The number of amides is 3. The zero-order valence-electron chi connectivity index (χ0n) is 11.2. The zero-order valence-corrected chi connectivity index (χ0v) is 11.2. The molecular weight excluding hydrogens is 238 g/mol. The Morgan fingerprint density at radius 2 is 1.83 bits per heavy atom. The first-order valence-corrected chi connectivity index (χ1v) is 5.74. The van der Waals surface area contributed by atoms with E-state index in [9.17, 15) is 14.4 Å². The van der Waals surface area contributed by atoms with Gasteiger partial charge in [0.15, 0.2) is 0 Å². The molecular formula is C11H21N3O4. The van der Waals surface area contributed by atoms with Gasteiger partial charge in [-0.1, -0.05) is 13.8 Å². The molecule has 0 heterocycles. The lowest BCUT2D eigenvalue weighted by Crippen LogP contribution is -2.49. The number of carbonyl (C=O) groups is 3. The van der Waals surface area contributed by atoms with Gasteiger partial charge in [-0.05, 0) is 5.92 Å². The third-order valence-electron chi connectivity index (χ3n) is 2.51. The molecule has 0 aromatic rings. The van der Waals surface area contributed by atoms with Crippen molar-refractivity contribution in [1.82, 2.24) is 15.5 Å². The summed E-state index contributed by atoms with van der Waals surface area (Å²) in [5.74, 6) is -1.45. The maximum absolute atomic E-state index is 11.7. The molecule has 0 spiro atoms. The Morgan fingerprint density at radius 3 is 2.22 bits per heavy atom. The lowest BCUT2D eigenvalue weighted by molar-refractivity contribution is -0.140. The van der Waals surface area contributed by atoms with Gasteiger partial charge in [0.1, 0.15) is 6.04 Å². The highest BCUT2D eigenvalue weighted by Crippen LogP contribution is 2.02. The van der Waals surface area contributed by atoms with Crippen LogP contribution in [0.4, 0.5) is 4.79 Å². The number of nitrogens with zero attached hydrogens (tertiary/aromatic N) is 1. The topological polar surface area (TPSA) is 98.7 Å². The first-order valence-electron chi connectivity index (χ1n) is 5.74. The molecule has 0 aromatic heterocycles. The summed E-state index contributed by atoms with van der Waals surface area (Å²) in [5.41, 5.74) is 0. The van der Waals surface area contributed by atoms with Crippen LogP contribution in [0.25, 0.3) is 0 Å². The molecule has 3 amide bonds. The minimum absolute atomic E-state index is 0.173. The van der Waals surface area contributed by atoms with Crippen LogP contribution < -0.4 is 10.6 Å². The van der Waals surface area contributed by atoms with Crippen LogP contribution in [0.5, 0.6) is 0 Å². The van der Waals surface area contributed by atoms with Gasteiger partial charge >= 0.3 is 12.0 Å². The molecule has 0 aliphatic carbocycles. The predicted molar refractivity (Wildman–Crippen MR) is 66.1 cm³/mol. The fourth-order valence-electron chi connectivity index (χ4n) is 1.25. The average molecular weight is 259 g/mol. The molecule has 0 bridgehead atoms. The van der Waals surface area contributed by atoms with Crippen molar-refractivity contribution in [3.63, 3.8) is 0 Å². The molecule has 1 atom stereocenters. The normalized spacial score (nSPS) is 11.8. The summed E-state index contributed by atoms with van der Waals surface area (Å²) in [6, 6.07) is -1.43. The van der Waals surface area contributed by atoms with Gasteiger partial charge in [-0.2, -0.15) is 0 Å². The fourth-order valence-corrected chi connectivity index (χ4v) is 1.25. The molecule has 104 valence electrons. The van der Waals surface area contributed by atoms with Crippen LogP contribution in [-0.2, 0) is 9.59 Å². The van der Waals surface area contributed by atoms with Crippen molar-refractivity contribution >= 4 is 17.9 Å². The molecule has 7 heteroatoms. The summed E-state index contributed by atoms with van der Waals surface area (Å²) in [6.07, 6.45) is 0.180. The lowest BCUT2D eigenvalue weighted by Gasteiger charge is -2.23. The number of aliphatic carboxylic acids is 1. The van der Waals surface area contributed by atoms with E-state index in [1.54, 1.807) is 13.8 Å². The van der Waals surface area contributed by atoms with Crippen molar-refractivity contribution in [3.05, 3.63) is 0 Å². The minimum Gasteiger partial charge on any atom is -0.480 e. The van der Waals surface area contributed by atoms with E-state index in [4.69, 9.17) is 5.11 Å². The predicted octanol–water partition coefficient (Wildman–Crippen LogP) is -0.127. The third kappa shape index (κ3) is 5.51. The maximum atomic E-state index is 11.7. The van der Waals surface area contributed by atoms with Gasteiger partial charge in [0.2, 0.25) is 5.91 Å². The van der Waals surface area contributed by atoms with Gasteiger partial charge in [0.05, 0.1) is 0 Å². The molecule has 0 rings (SSSR count). The second-order valence-electron chi connectivity index (χ2n) is 4.35. The molecule has 0 fully saturated rings. The standard InChI is InChI=1S/C11H21N3O4/c1-7(2)9(10(16)17)13-11(18)14(4)6-5-8(15)12-3/h7,9H,5-6H2,1-4H3,(H,12,15)(H,13,18)(H,16,17)/t9-/m1/s1. The van der Waals surface area contributed by atoms with Crippen molar-refractivity contribution in [2.75, 3.05) is 20.6 Å². The van der Waals surface area contributed by atoms with Crippen molar-refractivity contribution in [1.29, 1.82) is 0 Å². The number of carboxylic acids is 1. The second-order valence-corrected chi connectivity index (χ2v) is 4.35. The van der Waals surface area contributed by atoms with E-state index in [1.165, 1.54) is 19.0 Å². The molecule has 0 saturated heterocycles. The summed E-state index contributed by atoms with van der Waals surface area (Å²) < 4.78 is 0. The van der Waals surface area contributed by atoms with Crippen molar-refractivity contribution in [2.24, 2.45) is 5.92 Å². The molecule has 0 unspecified atom stereocenters. The Kier molecular flexibility index (Phi) is 6.77. The number of hydrogen-bond acceptors (Lipinski definition) is 3. The summed E-state index contributed by atoms with van der Waals surface area (Å²) in [5, 5.41) is 13.8. The van der Waals surface area contributed by atoms with Crippen LogP contribution in [0.2, 0.25) is 0 Å². The summed E-state index contributed by atoms with van der Waals surface area (Å²) in [4.78, 5) is 34.9. The number of carboxylic acid groups (broad SMARTS) is 1. The zero-order chi connectivity index (χ0) is 14.3. The Hall–Kier alpha value is -1.79. The fraction of sp³-hybridized carbons (Fsp3) is 0.727. The van der Waals surface area contributed by atoms with Crippen molar-refractivity contribution in [2.45, 2.75) is 26.3 Å². The monoisotopic (exact) mass is 259 g/mol. The summed E-state index contributed by atoms with van der Waals surface area (Å²) in [7, 11) is 3.03. The number of rotatable bonds is 6. The van der Waals surface area contributed by atoms with Crippen LogP contribution in [0.15, 0.2) is 0 Å². The Bertz CT molecular complexity index is 317. The van der Waals surface area contributed by atoms with E-state index < -0.39 is 18.0 Å². The SMILES string of the molecule is CNC(=O)CCN(C)C(=O)N[C@@H](C(=O)O)C(C)C. The van der Waals surface area contributed by atoms with Crippen LogP contribution in [0.3, 0.4) is 0 Å². The van der Waals surface area contributed by atoms with E-state index in [1.807, 2.05) is 0 Å². The lowest BCUT2D eigenvalue weighted by atomic mass is 10.1. The van der Waals surface area contributed by atoms with Gasteiger partial charge in [-0.25, -0.2) is 9.59 Å². The van der Waals surface area contributed by atoms with Gasteiger partial charge in [-0.3, -0.25) is 4.79 Å². The maximum Gasteiger partial charge on any atom is 0.326 e. The first kappa shape index (κ1) is 16.2. The quantitative estimate of drug-likeness (QED) is 0.619. The van der Waals surface area contributed by atoms with E-state index in [0.29, 0.717) is 0 Å². The van der Waals surface area contributed by atoms with Crippen LogP contribution in [-0.4, -0.2) is 54.6 Å². The number of hydrogen-bond donors (Lipinski definition) is 3. The molecule has 0 aromatic carbocycles. The van der Waals surface area contributed by atoms with Crippen LogP contribution in [0.1, 0.15) is 20.3 Å². The van der Waals surface area contributed by atoms with E-state index in [0.717, 1.165) is 0 Å². The number of urea groups is 1.